The van der Waals surface area contributed by atoms with Gasteiger partial charge in [-0.2, -0.15) is 5.10 Å². The molecule has 26 heavy (non-hydrogen) atoms. The van der Waals surface area contributed by atoms with Crippen LogP contribution in [-0.2, 0) is 0 Å². The minimum Gasteiger partial charge on any atom is -0.507 e. The van der Waals surface area contributed by atoms with Crippen LogP contribution < -0.4 is 11.2 Å². The molecule has 0 atom stereocenters. The van der Waals surface area contributed by atoms with E-state index in [9.17, 15) is 14.7 Å². The van der Waals surface area contributed by atoms with Gasteiger partial charge in [0.2, 0.25) is 11.5 Å². The number of amides is 1. The molecule has 5 N–H and O–H groups in total. The van der Waals surface area contributed by atoms with Crippen LogP contribution in [0.1, 0.15) is 26.6 Å². The lowest BCUT2D eigenvalue weighted by Crippen LogP contribution is -2.19. The van der Waals surface area contributed by atoms with Gasteiger partial charge in [0.1, 0.15) is 22.8 Å². The molecule has 3 aromatic rings. The van der Waals surface area contributed by atoms with Crippen molar-refractivity contribution in [3.05, 3.63) is 47.3 Å². The second-order valence-electron chi connectivity index (χ2n) is 4.94. The number of nitrogens with two attached hydrogens (primary N) is 1. The fourth-order valence-corrected chi connectivity index (χ4v) is 2.00. The van der Waals surface area contributed by atoms with Crippen molar-refractivity contribution in [3.63, 3.8) is 0 Å². The average Bonchev–Trinajstić information content (AvgIpc) is 3.24. The Morgan fingerprint density at radius 1 is 1.23 bits per heavy atom. The van der Waals surface area contributed by atoms with E-state index in [2.05, 4.69) is 25.5 Å². The van der Waals surface area contributed by atoms with Gasteiger partial charge in [-0.15, -0.1) is 0 Å². The predicted molar refractivity (Wildman–Crippen MR) is 86.5 cm³/mol. The van der Waals surface area contributed by atoms with E-state index in [1.807, 2.05) is 0 Å². The molecule has 11 heteroatoms. The van der Waals surface area contributed by atoms with Gasteiger partial charge < -0.3 is 20.4 Å². The molecule has 1 amide bonds. The molecule has 0 saturated heterocycles. The molecule has 0 bridgehead atoms. The Balaban J connectivity index is 1.72. The van der Waals surface area contributed by atoms with E-state index in [1.165, 1.54) is 24.4 Å². The van der Waals surface area contributed by atoms with E-state index < -0.39 is 11.9 Å². The third-order valence-electron chi connectivity index (χ3n) is 3.23. The fraction of sp³-hybridized carbons (Fsp3) is 0. The summed E-state index contributed by atoms with van der Waals surface area (Å²) < 4.78 is 9.80. The standard InChI is InChI=1S/C15H11N5O6/c16-13-12(19-26-20-13)14(22)18-17-6-8-2-4-11(25-8)7-1-3-10(21)9(5-7)15(23)24/h1-6,21H,(H2,16,20)(H,18,22)(H,23,24)/b17-6+. The first kappa shape index (κ1) is 16.7. The van der Waals surface area contributed by atoms with Gasteiger partial charge in [0, 0.05) is 5.56 Å². The van der Waals surface area contributed by atoms with Crippen LogP contribution in [-0.4, -0.2) is 38.6 Å². The highest BCUT2D eigenvalue weighted by Crippen LogP contribution is 2.27. The van der Waals surface area contributed by atoms with Gasteiger partial charge in [-0.25, -0.2) is 14.8 Å². The zero-order chi connectivity index (χ0) is 18.7. The molecule has 0 fully saturated rings. The Kier molecular flexibility index (Phi) is 4.34. The zero-order valence-corrected chi connectivity index (χ0v) is 12.9. The summed E-state index contributed by atoms with van der Waals surface area (Å²) in [5.74, 6) is -1.85. The largest absolute Gasteiger partial charge is 0.507 e. The monoisotopic (exact) mass is 357 g/mol. The number of aromatic hydroxyl groups is 1. The normalized spacial score (nSPS) is 10.9. The van der Waals surface area contributed by atoms with Crippen molar-refractivity contribution in [2.75, 3.05) is 5.73 Å². The number of rotatable bonds is 5. The number of hydrazone groups is 1. The smallest absolute Gasteiger partial charge is 0.339 e. The van der Waals surface area contributed by atoms with E-state index >= 15 is 0 Å². The van der Waals surface area contributed by atoms with Crippen molar-refractivity contribution in [3.8, 4) is 17.1 Å². The molecule has 1 aromatic carbocycles. The minimum atomic E-state index is -1.26. The minimum absolute atomic E-state index is 0.167. The molecule has 2 heterocycles. The zero-order valence-electron chi connectivity index (χ0n) is 12.9. The molecule has 0 saturated carbocycles. The van der Waals surface area contributed by atoms with Gasteiger partial charge in [0.05, 0.1) is 6.21 Å². The van der Waals surface area contributed by atoms with Gasteiger partial charge in [-0.3, -0.25) is 4.79 Å². The third-order valence-corrected chi connectivity index (χ3v) is 3.23. The number of aromatic nitrogens is 2. The summed E-state index contributed by atoms with van der Waals surface area (Å²) in [5, 5.41) is 28.8. The number of nitrogens with zero attached hydrogens (tertiary/aromatic N) is 3. The van der Waals surface area contributed by atoms with Crippen LogP contribution >= 0.6 is 0 Å². The number of anilines is 1. The number of furan rings is 1. The number of nitrogen functional groups attached to an aromatic ring is 1. The number of nitrogens with one attached hydrogen (secondary N) is 1. The first-order chi connectivity index (χ1) is 12.5. The van der Waals surface area contributed by atoms with Crippen LogP contribution in [0.4, 0.5) is 5.82 Å². The lowest BCUT2D eigenvalue weighted by Gasteiger charge is -2.02. The number of aromatic carboxylic acids is 1. The summed E-state index contributed by atoms with van der Waals surface area (Å²) in [4.78, 5) is 22.8. The van der Waals surface area contributed by atoms with Crippen LogP contribution in [0.3, 0.4) is 0 Å². The van der Waals surface area contributed by atoms with E-state index in [4.69, 9.17) is 15.3 Å². The molecule has 3 rings (SSSR count). The Labute approximate surface area is 144 Å². The highest BCUT2D eigenvalue weighted by Gasteiger charge is 2.15. The molecular weight excluding hydrogens is 346 g/mol. The van der Waals surface area contributed by atoms with Crippen molar-refractivity contribution in [1.29, 1.82) is 0 Å². The maximum absolute atomic E-state index is 11.7. The van der Waals surface area contributed by atoms with Crippen LogP contribution in [0, 0.1) is 0 Å². The Bertz CT molecular complexity index is 1010. The van der Waals surface area contributed by atoms with Gasteiger partial charge in [-0.05, 0) is 40.6 Å². The second kappa shape index (κ2) is 6.76. The van der Waals surface area contributed by atoms with Gasteiger partial charge >= 0.3 is 5.97 Å². The molecule has 0 aliphatic rings. The molecule has 0 spiro atoms. The first-order valence-electron chi connectivity index (χ1n) is 7.03. The number of carboxylic acid groups (broad SMARTS) is 1. The Morgan fingerprint density at radius 3 is 2.73 bits per heavy atom. The van der Waals surface area contributed by atoms with Gasteiger partial charge in [0.15, 0.2) is 0 Å². The highest BCUT2D eigenvalue weighted by atomic mass is 16.6. The predicted octanol–water partition coefficient (Wildman–Crippen LogP) is 1.08. The maximum Gasteiger partial charge on any atom is 0.339 e. The number of phenols is 1. The summed E-state index contributed by atoms with van der Waals surface area (Å²) >= 11 is 0. The first-order valence-corrected chi connectivity index (χ1v) is 7.03. The number of carbonyl (C=O) groups is 2. The number of carboxylic acids is 1. The second-order valence-corrected chi connectivity index (χ2v) is 4.94. The Hall–Kier alpha value is -4.15. The summed E-state index contributed by atoms with van der Waals surface area (Å²) in [7, 11) is 0. The fourth-order valence-electron chi connectivity index (χ4n) is 2.00. The van der Waals surface area contributed by atoms with E-state index in [-0.39, 0.29) is 28.6 Å². The molecule has 0 radical (unpaired) electrons. The van der Waals surface area contributed by atoms with Crippen LogP contribution in [0.5, 0.6) is 5.75 Å². The molecular formula is C15H11N5O6. The lowest BCUT2D eigenvalue weighted by atomic mass is 10.1. The molecule has 132 valence electrons. The summed E-state index contributed by atoms with van der Waals surface area (Å²) in [6.07, 6.45) is 1.23. The van der Waals surface area contributed by atoms with Crippen LogP contribution in [0.25, 0.3) is 11.3 Å². The molecule has 0 unspecified atom stereocenters. The quantitative estimate of drug-likeness (QED) is 0.384. The molecule has 0 aliphatic heterocycles. The van der Waals surface area contributed by atoms with Crippen molar-refractivity contribution in [2.45, 2.75) is 0 Å². The molecule has 0 aliphatic carbocycles. The van der Waals surface area contributed by atoms with Crippen molar-refractivity contribution < 1.29 is 28.8 Å². The number of hydrogen-bond donors (Lipinski definition) is 4. The average molecular weight is 357 g/mol. The molecule has 2 aromatic heterocycles. The summed E-state index contributed by atoms with van der Waals surface area (Å²) in [6, 6.07) is 7.18. The maximum atomic E-state index is 11.7. The SMILES string of the molecule is Nc1nonc1C(=O)N/N=C/c1ccc(-c2ccc(O)c(C(=O)O)c2)o1. The Morgan fingerprint density at radius 2 is 2.04 bits per heavy atom. The number of carbonyl (C=O) groups excluding carboxylic acids is 1. The van der Waals surface area contributed by atoms with Crippen LogP contribution in [0.2, 0.25) is 0 Å². The molecule has 11 nitrogen and oxygen atoms in total. The van der Waals surface area contributed by atoms with Crippen molar-refractivity contribution >= 4 is 23.9 Å². The third kappa shape index (κ3) is 3.36. The van der Waals surface area contributed by atoms with Crippen LogP contribution in [0.15, 0.2) is 44.5 Å². The highest BCUT2D eigenvalue weighted by molar-refractivity contribution is 5.96. The van der Waals surface area contributed by atoms with Crippen molar-refractivity contribution in [1.82, 2.24) is 15.7 Å². The van der Waals surface area contributed by atoms with Crippen molar-refractivity contribution in [2.24, 2.45) is 5.10 Å². The van der Waals surface area contributed by atoms with Gasteiger partial charge in [0.25, 0.3) is 5.91 Å². The van der Waals surface area contributed by atoms with E-state index in [1.54, 1.807) is 12.1 Å². The van der Waals surface area contributed by atoms with E-state index in [0.29, 0.717) is 11.3 Å². The number of benzene rings is 1. The summed E-state index contributed by atoms with van der Waals surface area (Å²) in [6.45, 7) is 0. The van der Waals surface area contributed by atoms with Gasteiger partial charge in [-0.1, -0.05) is 0 Å². The topological polar surface area (TPSA) is 177 Å². The number of hydrogen-bond acceptors (Lipinski definition) is 9. The van der Waals surface area contributed by atoms with E-state index in [0.717, 1.165) is 0 Å². The lowest BCUT2D eigenvalue weighted by molar-refractivity contribution is 0.0693. The summed E-state index contributed by atoms with van der Waals surface area (Å²) in [5.41, 5.74) is 7.55.